The van der Waals surface area contributed by atoms with E-state index in [9.17, 15) is 0 Å². The van der Waals surface area contributed by atoms with Crippen LogP contribution in [0.15, 0.2) is 53.6 Å². The highest BCUT2D eigenvalue weighted by Crippen LogP contribution is 2.26. The molecule has 4 rings (SSSR count). The lowest BCUT2D eigenvalue weighted by Crippen LogP contribution is -2.03. The normalized spacial score (nSPS) is 11.5. The number of hydrogen-bond donors (Lipinski definition) is 1. The maximum Gasteiger partial charge on any atom is 0.265 e. The average Bonchev–Trinajstić information content (AvgIpc) is 3.10. The predicted molar refractivity (Wildman–Crippen MR) is 121 cm³/mol. The van der Waals surface area contributed by atoms with Gasteiger partial charge in [-0.05, 0) is 48.7 Å². The largest absolute Gasteiger partial charge is 0.494 e. The van der Waals surface area contributed by atoms with Gasteiger partial charge in [-0.25, -0.2) is 5.43 Å². The summed E-state index contributed by atoms with van der Waals surface area (Å²) in [6.07, 6.45) is 4.91. The molecule has 0 radical (unpaired) electrons. The smallest absolute Gasteiger partial charge is 0.265 e. The summed E-state index contributed by atoms with van der Waals surface area (Å²) in [6, 6.07) is 16.0. The first kappa shape index (κ1) is 19.8. The van der Waals surface area contributed by atoms with Crippen molar-refractivity contribution < 1.29 is 4.74 Å². The lowest BCUT2D eigenvalue weighted by atomic mass is 10.2. The van der Waals surface area contributed by atoms with Gasteiger partial charge in [0.25, 0.3) is 5.95 Å². The summed E-state index contributed by atoms with van der Waals surface area (Å²) >= 11 is 0. The Kier molecular flexibility index (Phi) is 6.17. The van der Waals surface area contributed by atoms with Crippen LogP contribution in [0.5, 0.6) is 5.75 Å². The topological polar surface area (TPSA) is 77.2 Å². The number of ether oxygens (including phenoxy) is 1. The molecule has 0 aliphatic rings. The van der Waals surface area contributed by atoms with Gasteiger partial charge >= 0.3 is 0 Å². The van der Waals surface area contributed by atoms with Crippen molar-refractivity contribution in [3.05, 3.63) is 54.1 Å². The van der Waals surface area contributed by atoms with Gasteiger partial charge in [-0.3, -0.25) is 0 Å². The minimum absolute atomic E-state index is 0.377. The van der Waals surface area contributed by atoms with E-state index in [-0.39, 0.29) is 0 Å². The monoisotopic (exact) mass is 402 g/mol. The van der Waals surface area contributed by atoms with Gasteiger partial charge in [0.05, 0.1) is 18.3 Å². The molecule has 0 aliphatic heterocycles. The Morgan fingerprint density at radius 1 is 1.03 bits per heavy atom. The third-order valence-electron chi connectivity index (χ3n) is 4.84. The number of aryl methyl sites for hydroxylation is 1. The molecule has 0 bridgehead atoms. The summed E-state index contributed by atoms with van der Waals surface area (Å²) in [5.41, 5.74) is 6.64. The summed E-state index contributed by atoms with van der Waals surface area (Å²) < 4.78 is 7.81. The number of aromatic nitrogens is 4. The molecule has 0 saturated heterocycles. The summed E-state index contributed by atoms with van der Waals surface area (Å²) in [7, 11) is 0. The molecule has 0 spiro atoms. The molecular weight excluding hydrogens is 376 g/mol. The van der Waals surface area contributed by atoms with Crippen LogP contribution in [-0.2, 0) is 6.54 Å². The molecule has 4 aromatic rings. The number of rotatable bonds is 9. The quantitative estimate of drug-likeness (QED) is 0.314. The first-order valence-corrected chi connectivity index (χ1v) is 10.4. The van der Waals surface area contributed by atoms with E-state index < -0.39 is 0 Å². The van der Waals surface area contributed by atoms with Crippen LogP contribution in [0.3, 0.4) is 0 Å². The van der Waals surface area contributed by atoms with E-state index in [0.29, 0.717) is 5.95 Å². The van der Waals surface area contributed by atoms with E-state index in [2.05, 4.69) is 56.3 Å². The van der Waals surface area contributed by atoms with E-state index in [0.717, 1.165) is 65.8 Å². The van der Waals surface area contributed by atoms with E-state index >= 15 is 0 Å². The highest BCUT2D eigenvalue weighted by atomic mass is 16.5. The van der Waals surface area contributed by atoms with Crippen LogP contribution in [0.2, 0.25) is 0 Å². The van der Waals surface area contributed by atoms with Crippen molar-refractivity contribution in [2.24, 2.45) is 5.10 Å². The Morgan fingerprint density at radius 3 is 2.67 bits per heavy atom. The van der Waals surface area contributed by atoms with Gasteiger partial charge in [0.2, 0.25) is 0 Å². The number of para-hydroxylation sites is 1. The number of nitrogens with zero attached hydrogens (tertiary/aromatic N) is 5. The highest BCUT2D eigenvalue weighted by Gasteiger charge is 2.14. The molecule has 0 amide bonds. The zero-order chi connectivity index (χ0) is 20.8. The first-order valence-electron chi connectivity index (χ1n) is 10.4. The van der Waals surface area contributed by atoms with Gasteiger partial charge in [0.15, 0.2) is 5.65 Å². The zero-order valence-corrected chi connectivity index (χ0v) is 17.4. The molecule has 30 heavy (non-hydrogen) atoms. The Morgan fingerprint density at radius 2 is 1.87 bits per heavy atom. The van der Waals surface area contributed by atoms with Crippen LogP contribution in [0.1, 0.15) is 38.7 Å². The van der Waals surface area contributed by atoms with Crippen LogP contribution in [0.25, 0.3) is 22.1 Å². The third kappa shape index (κ3) is 4.25. The van der Waals surface area contributed by atoms with Crippen molar-refractivity contribution >= 4 is 34.2 Å². The fourth-order valence-electron chi connectivity index (χ4n) is 3.33. The van der Waals surface area contributed by atoms with Gasteiger partial charge < -0.3 is 9.30 Å². The van der Waals surface area contributed by atoms with E-state index in [1.54, 1.807) is 6.21 Å². The minimum Gasteiger partial charge on any atom is -0.494 e. The van der Waals surface area contributed by atoms with Crippen LogP contribution in [0.4, 0.5) is 5.95 Å². The number of anilines is 1. The van der Waals surface area contributed by atoms with Crippen molar-refractivity contribution in [3.8, 4) is 5.75 Å². The SMILES string of the molecule is CCCCn1c2ccccc2c2nnc(N/N=C/c3ccc(OCCC)cc3)nc21. The van der Waals surface area contributed by atoms with Crippen molar-refractivity contribution in [3.63, 3.8) is 0 Å². The fraction of sp³-hybridized carbons (Fsp3) is 0.304. The standard InChI is InChI=1S/C23H26N6O/c1-3-5-14-29-20-9-7-6-8-19(20)21-22(29)25-23(28-26-21)27-24-16-17-10-12-18(13-11-17)30-15-4-2/h6-13,16H,3-5,14-15H2,1-2H3,(H,25,27,28)/b24-16+. The van der Waals surface area contributed by atoms with Crippen LogP contribution in [0, 0.1) is 0 Å². The number of hydrazone groups is 1. The van der Waals surface area contributed by atoms with Gasteiger partial charge in [0, 0.05) is 11.9 Å². The molecule has 0 atom stereocenters. The zero-order valence-electron chi connectivity index (χ0n) is 17.4. The van der Waals surface area contributed by atoms with Crippen molar-refractivity contribution in [2.45, 2.75) is 39.7 Å². The molecule has 0 aliphatic carbocycles. The predicted octanol–water partition coefficient (Wildman–Crippen LogP) is 5.01. The molecule has 0 saturated carbocycles. The second kappa shape index (κ2) is 9.35. The van der Waals surface area contributed by atoms with E-state index in [1.165, 1.54) is 0 Å². The number of unbranched alkanes of at least 4 members (excludes halogenated alkanes) is 1. The Balaban J connectivity index is 1.54. The Bertz CT molecular complexity index is 1150. The molecule has 2 heterocycles. The maximum absolute atomic E-state index is 5.60. The lowest BCUT2D eigenvalue weighted by molar-refractivity contribution is 0.317. The van der Waals surface area contributed by atoms with Crippen molar-refractivity contribution in [1.29, 1.82) is 0 Å². The molecular formula is C23H26N6O. The molecule has 2 aromatic heterocycles. The van der Waals surface area contributed by atoms with E-state index in [1.807, 2.05) is 36.4 Å². The molecule has 0 fully saturated rings. The Labute approximate surface area is 175 Å². The summed E-state index contributed by atoms with van der Waals surface area (Å²) in [5, 5.41) is 14.0. The first-order chi connectivity index (χ1) is 14.8. The fourth-order valence-corrected chi connectivity index (χ4v) is 3.33. The number of fused-ring (bicyclic) bond motifs is 3. The third-order valence-corrected chi connectivity index (χ3v) is 4.84. The summed E-state index contributed by atoms with van der Waals surface area (Å²) in [5.74, 6) is 1.24. The van der Waals surface area contributed by atoms with Crippen LogP contribution >= 0.6 is 0 Å². The van der Waals surface area contributed by atoms with Crippen molar-refractivity contribution in [1.82, 2.24) is 19.7 Å². The van der Waals surface area contributed by atoms with Gasteiger partial charge in [-0.1, -0.05) is 38.5 Å². The Hall–Kier alpha value is -3.48. The number of benzene rings is 2. The molecule has 1 N–H and O–H groups in total. The molecule has 154 valence electrons. The number of nitrogens with one attached hydrogen (secondary N) is 1. The summed E-state index contributed by atoms with van der Waals surface area (Å²) in [4.78, 5) is 4.69. The van der Waals surface area contributed by atoms with Crippen LogP contribution < -0.4 is 10.2 Å². The molecule has 7 nitrogen and oxygen atoms in total. The van der Waals surface area contributed by atoms with Gasteiger partial charge in [0.1, 0.15) is 11.3 Å². The maximum atomic E-state index is 5.60. The van der Waals surface area contributed by atoms with Gasteiger partial charge in [-0.2, -0.15) is 10.1 Å². The number of hydrogen-bond acceptors (Lipinski definition) is 6. The second-order valence-electron chi connectivity index (χ2n) is 7.12. The second-order valence-corrected chi connectivity index (χ2v) is 7.12. The highest BCUT2D eigenvalue weighted by molar-refractivity contribution is 6.04. The van der Waals surface area contributed by atoms with Crippen LogP contribution in [-0.4, -0.2) is 32.6 Å². The van der Waals surface area contributed by atoms with Crippen molar-refractivity contribution in [2.75, 3.05) is 12.0 Å². The molecule has 7 heteroatoms. The molecule has 2 aromatic carbocycles. The summed E-state index contributed by atoms with van der Waals surface area (Å²) in [6.45, 7) is 5.89. The molecule has 0 unspecified atom stereocenters. The lowest BCUT2D eigenvalue weighted by Gasteiger charge is -2.05. The van der Waals surface area contributed by atoms with Gasteiger partial charge in [-0.15, -0.1) is 10.2 Å². The minimum atomic E-state index is 0.377. The average molecular weight is 403 g/mol. The van der Waals surface area contributed by atoms with E-state index in [4.69, 9.17) is 4.74 Å².